The summed E-state index contributed by atoms with van der Waals surface area (Å²) in [6, 6.07) is 50.1. The van der Waals surface area contributed by atoms with Crippen molar-refractivity contribution in [1.82, 2.24) is 14.5 Å². The molecule has 0 atom stereocenters. The van der Waals surface area contributed by atoms with E-state index in [1.807, 2.05) is 140 Å². The van der Waals surface area contributed by atoms with Crippen molar-refractivity contribution >= 4 is 17.1 Å². The summed E-state index contributed by atoms with van der Waals surface area (Å²) in [5.41, 5.74) is 6.23. The molecule has 0 saturated carbocycles. The molecule has 6 nitrogen and oxygen atoms in total. The predicted octanol–water partition coefficient (Wildman–Crippen LogP) is 8.20. The number of pyridine rings is 1. The van der Waals surface area contributed by atoms with Gasteiger partial charge in [0.25, 0.3) is 0 Å². The minimum Gasteiger partial charge on any atom is -0.669 e. The molecule has 0 N–H and O–H groups in total. The molecule has 0 amide bonds. The van der Waals surface area contributed by atoms with Crippen molar-refractivity contribution < 1.29 is 46.9 Å². The Balaban J connectivity index is 0.000000516. The van der Waals surface area contributed by atoms with Crippen molar-refractivity contribution in [1.29, 1.82) is 0 Å². The van der Waals surface area contributed by atoms with E-state index < -0.39 is 0 Å². The molecule has 242 valence electrons. The fraction of sp³-hybridized carbons (Fsp3) is 0.0500. The molecule has 48 heavy (non-hydrogen) atoms. The van der Waals surface area contributed by atoms with E-state index in [9.17, 15) is 0 Å². The normalized spacial score (nSPS) is 11.4. The summed E-state index contributed by atoms with van der Waals surface area (Å²) in [5, 5.41) is 0. The summed E-state index contributed by atoms with van der Waals surface area (Å²) in [5.74, 6) is 1.20. The van der Waals surface area contributed by atoms with Gasteiger partial charge < -0.3 is 35.4 Å². The molecule has 4 aromatic carbocycles. The van der Waals surface area contributed by atoms with Crippen LogP contribution in [0, 0.1) is 49.5 Å². The van der Waals surface area contributed by atoms with Crippen LogP contribution >= 0.6 is 0 Å². The zero-order chi connectivity index (χ0) is 31.7. The number of benzene rings is 4. The summed E-state index contributed by atoms with van der Waals surface area (Å²) in [6.07, 6.45) is 15.7. The fourth-order valence-electron chi connectivity index (χ4n) is 4.64. The Kier molecular flexibility index (Phi) is 13.0. The van der Waals surface area contributed by atoms with Crippen molar-refractivity contribution in [2.45, 2.75) is 0 Å². The fourth-order valence-corrected chi connectivity index (χ4v) is 4.64. The molecule has 0 radical (unpaired) electrons. The molecule has 0 aliphatic carbocycles. The van der Waals surface area contributed by atoms with E-state index >= 15 is 0 Å². The van der Waals surface area contributed by atoms with Crippen LogP contribution in [0.3, 0.4) is 0 Å². The molecule has 6 aromatic rings. The van der Waals surface area contributed by atoms with Crippen LogP contribution in [0.25, 0.3) is 22.4 Å². The first-order valence-electron chi connectivity index (χ1n) is 14.5. The molecule has 0 saturated heterocycles. The molecule has 0 bridgehead atoms. The van der Waals surface area contributed by atoms with Crippen molar-refractivity contribution in [3.05, 3.63) is 171 Å². The first-order valence-corrected chi connectivity index (χ1v) is 14.5. The number of ether oxygens (including phenoxy) is 1. The van der Waals surface area contributed by atoms with E-state index in [4.69, 9.17) is 11.2 Å². The van der Waals surface area contributed by atoms with Crippen molar-refractivity contribution in [3.63, 3.8) is 0 Å². The minimum absolute atomic E-state index is 0. The van der Waals surface area contributed by atoms with Gasteiger partial charge in [-0.15, -0.1) is 59.8 Å². The van der Waals surface area contributed by atoms with Gasteiger partial charge in [0.2, 0.25) is 0 Å². The molecule has 8 heteroatoms. The molecular formula is C40H28N5OPt2-3. The van der Waals surface area contributed by atoms with E-state index in [1.165, 1.54) is 0 Å². The van der Waals surface area contributed by atoms with E-state index in [0.29, 0.717) is 11.5 Å². The first kappa shape index (κ1) is 36.0. The largest absolute Gasteiger partial charge is 4.00 e. The summed E-state index contributed by atoms with van der Waals surface area (Å²) in [6.45, 7) is 1.98. The number of rotatable bonds is 7. The van der Waals surface area contributed by atoms with Gasteiger partial charge in [-0.05, 0) is 31.6 Å². The second kappa shape index (κ2) is 17.4. The van der Waals surface area contributed by atoms with E-state index in [2.05, 4.69) is 46.3 Å². The maximum atomic E-state index is 6.57. The van der Waals surface area contributed by atoms with Crippen LogP contribution in [-0.4, -0.2) is 28.5 Å². The number of nitrogens with zero attached hydrogens (tertiary/aromatic N) is 5. The average Bonchev–Trinajstić information content (AvgIpc) is 3.81. The number of aromatic nitrogens is 2. The van der Waals surface area contributed by atoms with Gasteiger partial charge >= 0.3 is 21.1 Å². The van der Waals surface area contributed by atoms with Crippen LogP contribution in [0.4, 0.5) is 17.1 Å². The minimum atomic E-state index is 0. The molecule has 1 aliphatic rings. The van der Waals surface area contributed by atoms with Crippen molar-refractivity contribution in [2.24, 2.45) is 0 Å². The SMILES string of the molecule is CN1C=CN(c2[c-]c(Oc3[c-]c(-c4cc(-c5[c-]c(N(C)c6[c-]cccc6)ccc5)[c-]cn4)ccc3)ccc2)[CH-]1.[C-]#Cn1cccc1.[Pt+4].[Pt]. The number of para-hydroxylation sites is 1. The third kappa shape index (κ3) is 9.17. The monoisotopic (exact) mass is 984 g/mol. The molecular weight excluding hydrogens is 957 g/mol. The van der Waals surface area contributed by atoms with Crippen LogP contribution in [0.15, 0.2) is 128 Å². The number of anilines is 3. The van der Waals surface area contributed by atoms with E-state index in [-0.39, 0.29) is 42.1 Å². The van der Waals surface area contributed by atoms with Gasteiger partial charge in [0.1, 0.15) is 0 Å². The molecule has 3 heterocycles. The summed E-state index contributed by atoms with van der Waals surface area (Å²) >= 11 is 0. The van der Waals surface area contributed by atoms with Crippen LogP contribution in [0.1, 0.15) is 0 Å². The molecule has 0 spiro atoms. The van der Waals surface area contributed by atoms with Crippen LogP contribution in [-0.2, 0) is 42.1 Å². The Morgan fingerprint density at radius 2 is 1.52 bits per heavy atom. The molecule has 0 unspecified atom stereocenters. The third-order valence-corrected chi connectivity index (χ3v) is 6.99. The average molecular weight is 985 g/mol. The van der Waals surface area contributed by atoms with Gasteiger partial charge in [0, 0.05) is 52.0 Å². The molecule has 1 aliphatic heterocycles. The van der Waals surface area contributed by atoms with Crippen LogP contribution < -0.4 is 14.5 Å². The van der Waals surface area contributed by atoms with E-state index in [0.717, 1.165) is 39.4 Å². The molecule has 2 aromatic heterocycles. The van der Waals surface area contributed by atoms with Gasteiger partial charge in [-0.2, -0.15) is 49.1 Å². The Morgan fingerprint density at radius 1 is 0.792 bits per heavy atom. The van der Waals surface area contributed by atoms with Gasteiger partial charge in [0.05, 0.1) is 0 Å². The van der Waals surface area contributed by atoms with Gasteiger partial charge in [-0.25, -0.2) is 24.2 Å². The molecule has 7 rings (SSSR count). The van der Waals surface area contributed by atoms with E-state index in [1.54, 1.807) is 23.2 Å². The maximum Gasteiger partial charge on any atom is 4.00 e. The summed E-state index contributed by atoms with van der Waals surface area (Å²) in [4.78, 5) is 10.6. The second-order valence-corrected chi connectivity index (χ2v) is 10.2. The first-order chi connectivity index (χ1) is 22.6. The van der Waals surface area contributed by atoms with Crippen molar-refractivity contribution in [3.8, 4) is 39.9 Å². The standard InChI is InChI=1S/C34H24N4O.C6H4N.2Pt/c1-36-19-20-38(25-36)31-14-8-16-33(24-31)39-32-15-7-10-28(22-32)34-23-27(17-18-35-34)26-9-6-13-30(21-26)37(2)29-11-4-3-5-12-29;1-2-7-5-3-4-6-7;;/h3-11,13-16,18-20,23,25H,1-2H3;3-6H;;/q-6;-1;;+4. The Hall–Kier alpha value is -4.81. The summed E-state index contributed by atoms with van der Waals surface area (Å²) in [7, 11) is 3.99. The van der Waals surface area contributed by atoms with Gasteiger partial charge in [-0.3, -0.25) is 11.1 Å². The second-order valence-electron chi connectivity index (χ2n) is 10.2. The number of hydrogen-bond donors (Lipinski definition) is 0. The smallest absolute Gasteiger partial charge is 0.669 e. The predicted molar refractivity (Wildman–Crippen MR) is 181 cm³/mol. The van der Waals surface area contributed by atoms with Gasteiger partial charge in [-0.1, -0.05) is 29.3 Å². The molecule has 0 fully saturated rings. The van der Waals surface area contributed by atoms with Crippen LogP contribution in [0.5, 0.6) is 11.5 Å². The summed E-state index contributed by atoms with van der Waals surface area (Å²) < 4.78 is 7.67. The zero-order valence-corrected chi connectivity index (χ0v) is 30.5. The topological polar surface area (TPSA) is 36.8 Å². The Bertz CT molecular complexity index is 1970. The van der Waals surface area contributed by atoms with Crippen LogP contribution in [0.2, 0.25) is 0 Å². The zero-order valence-electron chi connectivity index (χ0n) is 26.0. The van der Waals surface area contributed by atoms with Gasteiger partial charge in [0.15, 0.2) is 0 Å². The maximum absolute atomic E-state index is 6.57. The quantitative estimate of drug-likeness (QED) is 0.119. The number of hydrogen-bond acceptors (Lipinski definition) is 5. The third-order valence-electron chi connectivity index (χ3n) is 6.99. The Morgan fingerprint density at radius 3 is 2.23 bits per heavy atom. The van der Waals surface area contributed by atoms with Crippen molar-refractivity contribution in [2.75, 3.05) is 23.9 Å². The Labute approximate surface area is 311 Å².